The number of methoxy groups -OCH3 is 2. The number of rotatable bonds is 4. The van der Waals surface area contributed by atoms with Crippen molar-refractivity contribution in [2.45, 2.75) is 6.42 Å². The van der Waals surface area contributed by atoms with Crippen molar-refractivity contribution in [1.82, 2.24) is 4.90 Å². The van der Waals surface area contributed by atoms with Gasteiger partial charge in [-0.05, 0) is 41.5 Å². The molecule has 0 unspecified atom stereocenters. The molecule has 148 valence electrons. The summed E-state index contributed by atoms with van der Waals surface area (Å²) in [5, 5.41) is 2.89. The van der Waals surface area contributed by atoms with E-state index < -0.39 is 0 Å². The number of nitrogens with zero attached hydrogens (tertiary/aromatic N) is 2. The smallest absolute Gasteiger partial charge is 0.259 e. The Morgan fingerprint density at radius 1 is 0.966 bits per heavy atom. The van der Waals surface area contributed by atoms with E-state index in [1.807, 2.05) is 60.7 Å². The second-order valence-corrected chi connectivity index (χ2v) is 7.72. The Labute approximate surface area is 174 Å². The highest BCUT2D eigenvalue weighted by Crippen LogP contribution is 2.32. The summed E-state index contributed by atoms with van der Waals surface area (Å²) in [5.74, 6) is 2.18. The van der Waals surface area contributed by atoms with Gasteiger partial charge in [0.05, 0.1) is 19.9 Å². The molecule has 0 saturated carbocycles. The molecule has 1 heterocycles. The van der Waals surface area contributed by atoms with Crippen LogP contribution in [0.1, 0.15) is 16.8 Å². The first-order valence-corrected chi connectivity index (χ1v) is 10.4. The fraction of sp³-hybridized carbons (Fsp3) is 0.217. The average molecular weight is 407 g/mol. The van der Waals surface area contributed by atoms with Crippen molar-refractivity contribution in [2.24, 2.45) is 4.99 Å². The number of ether oxygens (including phenoxy) is 2. The van der Waals surface area contributed by atoms with Gasteiger partial charge in [-0.3, -0.25) is 9.69 Å². The number of aliphatic imine (C=N–C) groups is 1. The normalized spacial score (nSPS) is 15.5. The van der Waals surface area contributed by atoms with E-state index in [1.165, 1.54) is 0 Å². The van der Waals surface area contributed by atoms with Crippen LogP contribution in [0.4, 0.5) is 5.69 Å². The lowest BCUT2D eigenvalue weighted by molar-refractivity contribution is 0.0849. The molecule has 0 N–H and O–H groups in total. The summed E-state index contributed by atoms with van der Waals surface area (Å²) in [6.45, 7) is 0.658. The molecular weight excluding hydrogens is 384 g/mol. The van der Waals surface area contributed by atoms with E-state index in [9.17, 15) is 4.79 Å². The van der Waals surface area contributed by atoms with Crippen molar-refractivity contribution >= 4 is 39.3 Å². The minimum Gasteiger partial charge on any atom is -0.493 e. The number of thioether (sulfide) groups is 1. The van der Waals surface area contributed by atoms with E-state index in [0.717, 1.165) is 28.6 Å². The van der Waals surface area contributed by atoms with Gasteiger partial charge in [0.1, 0.15) is 0 Å². The maximum absolute atomic E-state index is 13.3. The molecule has 0 radical (unpaired) electrons. The van der Waals surface area contributed by atoms with Gasteiger partial charge in [0, 0.05) is 23.9 Å². The average Bonchev–Trinajstić information content (AvgIpc) is 2.78. The summed E-state index contributed by atoms with van der Waals surface area (Å²) in [4.78, 5) is 19.8. The molecule has 4 rings (SSSR count). The van der Waals surface area contributed by atoms with E-state index >= 15 is 0 Å². The van der Waals surface area contributed by atoms with Crippen LogP contribution in [0, 0.1) is 0 Å². The maximum Gasteiger partial charge on any atom is 0.259 e. The molecule has 1 fully saturated rings. The van der Waals surface area contributed by atoms with Crippen molar-refractivity contribution in [3.8, 4) is 11.5 Å². The maximum atomic E-state index is 13.3. The number of fused-ring (bicyclic) bond motifs is 1. The fourth-order valence-electron chi connectivity index (χ4n) is 3.32. The third-order valence-electron chi connectivity index (χ3n) is 4.82. The molecule has 0 bridgehead atoms. The van der Waals surface area contributed by atoms with Gasteiger partial charge in [0.15, 0.2) is 16.7 Å². The number of carbonyl (C=O) groups is 1. The molecule has 3 aromatic carbocycles. The first-order valence-electron chi connectivity index (χ1n) is 9.44. The molecule has 1 amide bonds. The molecule has 5 nitrogen and oxygen atoms in total. The van der Waals surface area contributed by atoms with Gasteiger partial charge in [0.2, 0.25) is 0 Å². The first kappa shape index (κ1) is 19.3. The van der Waals surface area contributed by atoms with E-state index in [4.69, 9.17) is 14.5 Å². The predicted octanol–water partition coefficient (Wildman–Crippen LogP) is 5.12. The molecule has 29 heavy (non-hydrogen) atoms. The highest BCUT2D eigenvalue weighted by Gasteiger charge is 2.25. The van der Waals surface area contributed by atoms with Crippen LogP contribution >= 0.6 is 11.8 Å². The third kappa shape index (κ3) is 4.07. The van der Waals surface area contributed by atoms with E-state index in [-0.39, 0.29) is 5.91 Å². The quantitative estimate of drug-likeness (QED) is 0.603. The Bertz CT molecular complexity index is 1080. The van der Waals surface area contributed by atoms with Crippen LogP contribution in [-0.2, 0) is 0 Å². The molecule has 1 aliphatic heterocycles. The second kappa shape index (κ2) is 8.57. The number of amides is 1. The number of hydrogen-bond donors (Lipinski definition) is 0. The van der Waals surface area contributed by atoms with Gasteiger partial charge in [-0.25, -0.2) is 4.99 Å². The van der Waals surface area contributed by atoms with Gasteiger partial charge in [0.25, 0.3) is 5.91 Å². The largest absolute Gasteiger partial charge is 0.493 e. The standard InChI is InChI=1S/C23H22N2O3S/c1-27-20-11-10-19(15-21(20)28-2)24-23-25(12-5-13-29-23)22(26)18-9-8-16-6-3-4-7-17(16)14-18/h3-4,6-11,14-15H,5,12-13H2,1-2H3. The topological polar surface area (TPSA) is 51.1 Å². The Kier molecular flexibility index (Phi) is 5.71. The van der Waals surface area contributed by atoms with Crippen LogP contribution in [0.15, 0.2) is 65.7 Å². The van der Waals surface area contributed by atoms with Gasteiger partial charge in [-0.15, -0.1) is 0 Å². The zero-order chi connectivity index (χ0) is 20.2. The first-order chi connectivity index (χ1) is 14.2. The lowest BCUT2D eigenvalue weighted by Gasteiger charge is -2.28. The van der Waals surface area contributed by atoms with Crippen LogP contribution in [0.25, 0.3) is 10.8 Å². The summed E-state index contributed by atoms with van der Waals surface area (Å²) in [6.07, 6.45) is 0.939. The second-order valence-electron chi connectivity index (χ2n) is 6.65. The van der Waals surface area contributed by atoms with Gasteiger partial charge < -0.3 is 9.47 Å². The van der Waals surface area contributed by atoms with Crippen LogP contribution in [0.2, 0.25) is 0 Å². The molecule has 3 aromatic rings. The zero-order valence-electron chi connectivity index (χ0n) is 16.4. The SMILES string of the molecule is COc1ccc(N=C2SCCCN2C(=O)c2ccc3ccccc3c2)cc1OC. The summed E-state index contributed by atoms with van der Waals surface area (Å²) >= 11 is 1.60. The van der Waals surface area contributed by atoms with Crippen LogP contribution in [0.5, 0.6) is 11.5 Å². The molecule has 0 spiro atoms. The van der Waals surface area contributed by atoms with Crippen molar-refractivity contribution in [3.63, 3.8) is 0 Å². The molecule has 0 atom stereocenters. The monoisotopic (exact) mass is 406 g/mol. The highest BCUT2D eigenvalue weighted by atomic mass is 32.2. The molecule has 1 saturated heterocycles. The molecule has 0 aromatic heterocycles. The summed E-state index contributed by atoms with van der Waals surface area (Å²) in [7, 11) is 3.20. The summed E-state index contributed by atoms with van der Waals surface area (Å²) < 4.78 is 10.7. The van der Waals surface area contributed by atoms with Crippen molar-refractivity contribution in [1.29, 1.82) is 0 Å². The molecule has 1 aliphatic rings. The number of carbonyl (C=O) groups excluding carboxylic acids is 1. The molecule has 0 aliphatic carbocycles. The van der Waals surface area contributed by atoms with Crippen molar-refractivity contribution in [2.75, 3.05) is 26.5 Å². The van der Waals surface area contributed by atoms with Crippen LogP contribution < -0.4 is 9.47 Å². The van der Waals surface area contributed by atoms with E-state index in [1.54, 1.807) is 30.9 Å². The number of amidine groups is 1. The van der Waals surface area contributed by atoms with E-state index in [0.29, 0.717) is 28.8 Å². The van der Waals surface area contributed by atoms with Crippen molar-refractivity contribution in [3.05, 3.63) is 66.2 Å². The van der Waals surface area contributed by atoms with Crippen LogP contribution in [-0.4, -0.2) is 42.5 Å². The van der Waals surface area contributed by atoms with E-state index in [2.05, 4.69) is 0 Å². The van der Waals surface area contributed by atoms with Crippen LogP contribution in [0.3, 0.4) is 0 Å². The Morgan fingerprint density at radius 3 is 2.55 bits per heavy atom. The van der Waals surface area contributed by atoms with Gasteiger partial charge >= 0.3 is 0 Å². The lowest BCUT2D eigenvalue weighted by Crippen LogP contribution is -2.39. The fourth-order valence-corrected chi connectivity index (χ4v) is 4.28. The summed E-state index contributed by atoms with van der Waals surface area (Å²) in [5.41, 5.74) is 1.40. The minimum atomic E-state index is -0.0258. The van der Waals surface area contributed by atoms with Gasteiger partial charge in [-0.2, -0.15) is 0 Å². The zero-order valence-corrected chi connectivity index (χ0v) is 17.2. The minimum absolute atomic E-state index is 0.0258. The highest BCUT2D eigenvalue weighted by molar-refractivity contribution is 8.13. The Balaban J connectivity index is 1.66. The lowest BCUT2D eigenvalue weighted by atomic mass is 10.1. The summed E-state index contributed by atoms with van der Waals surface area (Å²) in [6, 6.07) is 19.4. The molecular formula is C23H22N2O3S. The number of hydrogen-bond acceptors (Lipinski definition) is 5. The third-order valence-corrected chi connectivity index (χ3v) is 5.88. The molecule has 6 heteroatoms. The Morgan fingerprint density at radius 2 is 1.76 bits per heavy atom. The predicted molar refractivity (Wildman–Crippen MR) is 119 cm³/mol. The number of benzene rings is 3. The van der Waals surface area contributed by atoms with Crippen molar-refractivity contribution < 1.29 is 14.3 Å². The van der Waals surface area contributed by atoms with Gasteiger partial charge in [-0.1, -0.05) is 42.1 Å². The Hall–Kier alpha value is -2.99.